The molecule has 124 valence electrons. The van der Waals surface area contributed by atoms with Crippen LogP contribution < -0.4 is 10.1 Å². The zero-order chi connectivity index (χ0) is 17.0. The third kappa shape index (κ3) is 3.92. The van der Waals surface area contributed by atoms with Gasteiger partial charge >= 0.3 is 5.97 Å². The molecule has 0 radical (unpaired) electrons. The van der Waals surface area contributed by atoms with E-state index in [1.807, 2.05) is 44.2 Å². The molecule has 1 amide bonds. The minimum atomic E-state index is -0.921. The number of methoxy groups -OCH3 is 1. The zero-order valence-electron chi connectivity index (χ0n) is 13.7. The predicted octanol–water partition coefficient (Wildman–Crippen LogP) is 2.85. The highest BCUT2D eigenvalue weighted by atomic mass is 16.5. The summed E-state index contributed by atoms with van der Waals surface area (Å²) in [4.78, 5) is 23.9. The normalized spacial score (nSPS) is 21.5. The Bertz CT molecular complexity index is 623. The van der Waals surface area contributed by atoms with E-state index in [1.54, 1.807) is 7.11 Å². The molecule has 3 atom stereocenters. The standard InChI is InChI=1S/C18H23NO4/c1-11-8-9-16(23-3)15(10-11)12(2)19-17(20)13-6-4-5-7-14(13)18(21)22/h4-5,8-10,12-14H,6-7H2,1-3H3,(H,19,20)(H,21,22)/t12-,13-,14-/m0/s1. The molecule has 0 fully saturated rings. The molecular weight excluding hydrogens is 294 g/mol. The van der Waals surface area contributed by atoms with Crippen molar-refractivity contribution in [2.45, 2.75) is 32.7 Å². The van der Waals surface area contributed by atoms with E-state index in [0.717, 1.165) is 11.1 Å². The van der Waals surface area contributed by atoms with Crippen molar-refractivity contribution in [3.63, 3.8) is 0 Å². The van der Waals surface area contributed by atoms with Gasteiger partial charge in [0.1, 0.15) is 5.75 Å². The number of carbonyl (C=O) groups excluding carboxylic acids is 1. The molecule has 1 aromatic rings. The number of aryl methyl sites for hydroxylation is 1. The smallest absolute Gasteiger partial charge is 0.307 e. The Morgan fingerprint density at radius 2 is 1.91 bits per heavy atom. The highest BCUT2D eigenvalue weighted by molar-refractivity contribution is 5.85. The van der Waals surface area contributed by atoms with Crippen LogP contribution in [0.5, 0.6) is 5.75 Å². The quantitative estimate of drug-likeness (QED) is 0.819. The molecule has 5 nitrogen and oxygen atoms in total. The lowest BCUT2D eigenvalue weighted by Gasteiger charge is -2.26. The first-order valence-electron chi connectivity index (χ1n) is 7.76. The number of benzene rings is 1. The number of nitrogens with one attached hydrogen (secondary N) is 1. The van der Waals surface area contributed by atoms with Gasteiger partial charge in [0.25, 0.3) is 0 Å². The van der Waals surface area contributed by atoms with Gasteiger partial charge in [0, 0.05) is 5.56 Å². The molecule has 0 aromatic heterocycles. The fraction of sp³-hybridized carbons (Fsp3) is 0.444. The number of hydrogen-bond donors (Lipinski definition) is 2. The SMILES string of the molecule is COc1ccc(C)cc1[C@H](C)NC(=O)[C@H]1CC=CC[C@@H]1C(=O)O. The van der Waals surface area contributed by atoms with Gasteiger partial charge in [-0.1, -0.05) is 29.8 Å². The average Bonchev–Trinajstić information content (AvgIpc) is 2.54. The van der Waals surface area contributed by atoms with Crippen LogP contribution in [-0.4, -0.2) is 24.1 Å². The van der Waals surface area contributed by atoms with Crippen LogP contribution in [0.3, 0.4) is 0 Å². The summed E-state index contributed by atoms with van der Waals surface area (Å²) in [5.41, 5.74) is 1.96. The van der Waals surface area contributed by atoms with Gasteiger partial charge in [-0.3, -0.25) is 9.59 Å². The van der Waals surface area contributed by atoms with Crippen LogP contribution in [0.4, 0.5) is 0 Å². The lowest BCUT2D eigenvalue weighted by molar-refractivity contribution is -0.147. The molecule has 2 N–H and O–H groups in total. The number of amides is 1. The number of carbonyl (C=O) groups is 2. The van der Waals surface area contributed by atoms with Gasteiger partial charge in [-0.15, -0.1) is 0 Å². The molecule has 0 spiro atoms. The summed E-state index contributed by atoms with van der Waals surface area (Å²) in [5.74, 6) is -1.63. The van der Waals surface area contributed by atoms with Crippen LogP contribution in [0.1, 0.15) is 36.9 Å². The van der Waals surface area contributed by atoms with Crippen LogP contribution in [0.25, 0.3) is 0 Å². The number of allylic oxidation sites excluding steroid dienone is 2. The fourth-order valence-electron chi connectivity index (χ4n) is 2.97. The summed E-state index contributed by atoms with van der Waals surface area (Å²) < 4.78 is 5.35. The predicted molar refractivity (Wildman–Crippen MR) is 87.3 cm³/mol. The topological polar surface area (TPSA) is 75.6 Å². The van der Waals surface area contributed by atoms with E-state index in [1.165, 1.54) is 0 Å². The third-order valence-corrected chi connectivity index (χ3v) is 4.30. The van der Waals surface area contributed by atoms with E-state index >= 15 is 0 Å². The molecule has 1 aliphatic carbocycles. The molecule has 0 aliphatic heterocycles. The fourth-order valence-corrected chi connectivity index (χ4v) is 2.97. The minimum absolute atomic E-state index is 0.224. The van der Waals surface area contributed by atoms with E-state index in [0.29, 0.717) is 18.6 Å². The minimum Gasteiger partial charge on any atom is -0.496 e. The number of ether oxygens (including phenoxy) is 1. The van der Waals surface area contributed by atoms with Crippen LogP contribution in [-0.2, 0) is 9.59 Å². The van der Waals surface area contributed by atoms with Crippen LogP contribution in [0.2, 0.25) is 0 Å². The molecule has 1 aliphatic rings. The van der Waals surface area contributed by atoms with Gasteiger partial charge in [-0.2, -0.15) is 0 Å². The van der Waals surface area contributed by atoms with Crippen molar-refractivity contribution < 1.29 is 19.4 Å². The maximum Gasteiger partial charge on any atom is 0.307 e. The molecule has 0 unspecified atom stereocenters. The molecular formula is C18H23NO4. The van der Waals surface area contributed by atoms with E-state index < -0.39 is 17.8 Å². The number of hydrogen-bond acceptors (Lipinski definition) is 3. The van der Waals surface area contributed by atoms with Gasteiger partial charge in [0.05, 0.1) is 25.0 Å². The second-order valence-electron chi connectivity index (χ2n) is 5.97. The maximum atomic E-state index is 12.5. The Kier molecular flexibility index (Phi) is 5.42. The van der Waals surface area contributed by atoms with Crippen LogP contribution >= 0.6 is 0 Å². The summed E-state index contributed by atoms with van der Waals surface area (Å²) in [6.45, 7) is 3.85. The summed E-state index contributed by atoms with van der Waals surface area (Å²) in [7, 11) is 1.59. The Morgan fingerprint density at radius 3 is 2.52 bits per heavy atom. The molecule has 23 heavy (non-hydrogen) atoms. The van der Waals surface area contributed by atoms with Crippen molar-refractivity contribution in [3.05, 3.63) is 41.5 Å². The van der Waals surface area contributed by atoms with Crippen molar-refractivity contribution in [2.24, 2.45) is 11.8 Å². The van der Waals surface area contributed by atoms with E-state index in [2.05, 4.69) is 5.32 Å². The van der Waals surface area contributed by atoms with Gasteiger partial charge in [-0.25, -0.2) is 0 Å². The van der Waals surface area contributed by atoms with Crippen molar-refractivity contribution >= 4 is 11.9 Å². The summed E-state index contributed by atoms with van der Waals surface area (Å²) in [6.07, 6.45) is 4.56. The first kappa shape index (κ1) is 17.1. The molecule has 5 heteroatoms. The molecule has 1 aromatic carbocycles. The molecule has 0 heterocycles. The second kappa shape index (κ2) is 7.31. The van der Waals surface area contributed by atoms with Crippen LogP contribution in [0, 0.1) is 18.8 Å². The lowest BCUT2D eigenvalue weighted by Crippen LogP contribution is -2.39. The van der Waals surface area contributed by atoms with Gasteiger partial charge in [-0.05, 0) is 32.8 Å². The van der Waals surface area contributed by atoms with Crippen molar-refractivity contribution in [1.82, 2.24) is 5.32 Å². The molecule has 2 rings (SSSR count). The Morgan fingerprint density at radius 1 is 1.26 bits per heavy atom. The largest absolute Gasteiger partial charge is 0.496 e. The highest BCUT2D eigenvalue weighted by Gasteiger charge is 2.34. The van der Waals surface area contributed by atoms with Crippen LogP contribution in [0.15, 0.2) is 30.4 Å². The van der Waals surface area contributed by atoms with Crippen molar-refractivity contribution in [1.29, 1.82) is 0 Å². The van der Waals surface area contributed by atoms with Crippen molar-refractivity contribution in [3.8, 4) is 5.75 Å². The molecule has 0 saturated heterocycles. The summed E-state index contributed by atoms with van der Waals surface area (Å²) in [6, 6.07) is 5.54. The number of aliphatic carboxylic acids is 1. The molecule has 0 bridgehead atoms. The summed E-state index contributed by atoms with van der Waals surface area (Å²) in [5, 5.41) is 12.2. The van der Waals surface area contributed by atoms with Crippen molar-refractivity contribution in [2.75, 3.05) is 7.11 Å². The van der Waals surface area contributed by atoms with Gasteiger partial charge < -0.3 is 15.2 Å². The van der Waals surface area contributed by atoms with E-state index in [-0.39, 0.29) is 11.9 Å². The maximum absolute atomic E-state index is 12.5. The highest BCUT2D eigenvalue weighted by Crippen LogP contribution is 2.29. The number of rotatable bonds is 5. The first-order valence-corrected chi connectivity index (χ1v) is 7.76. The van der Waals surface area contributed by atoms with E-state index in [9.17, 15) is 14.7 Å². The van der Waals surface area contributed by atoms with E-state index in [4.69, 9.17) is 4.74 Å². The Balaban J connectivity index is 2.14. The Labute approximate surface area is 136 Å². The monoisotopic (exact) mass is 317 g/mol. The average molecular weight is 317 g/mol. The lowest BCUT2D eigenvalue weighted by atomic mass is 9.82. The zero-order valence-corrected chi connectivity index (χ0v) is 13.7. The third-order valence-electron chi connectivity index (χ3n) is 4.30. The molecule has 0 saturated carbocycles. The van der Waals surface area contributed by atoms with Gasteiger partial charge in [0.15, 0.2) is 0 Å². The van der Waals surface area contributed by atoms with Gasteiger partial charge in [0.2, 0.25) is 5.91 Å². The Hall–Kier alpha value is -2.30. The second-order valence-corrected chi connectivity index (χ2v) is 5.97. The summed E-state index contributed by atoms with van der Waals surface area (Å²) >= 11 is 0. The first-order chi connectivity index (χ1) is 10.9. The number of carboxylic acids is 1. The number of carboxylic acid groups (broad SMARTS) is 1.